The van der Waals surface area contributed by atoms with Crippen LogP contribution >= 0.6 is 7.81 Å². The normalized spacial score (nSPS) is 28.5. The Bertz CT molecular complexity index is 440. The number of halogens is 6. The van der Waals surface area contributed by atoms with Crippen LogP contribution in [0, 0.1) is 0 Å². The first-order chi connectivity index (χ1) is 8.42. The molecule has 19 heavy (non-hydrogen) atoms. The molecule has 3 rings (SSSR count). The minimum absolute atomic E-state index is 0.884. The summed E-state index contributed by atoms with van der Waals surface area (Å²) in [5.41, 5.74) is 3.13. The molecule has 110 valence electrons. The second-order valence-electron chi connectivity index (χ2n) is 4.99. The molecule has 0 bridgehead atoms. The number of aromatic nitrogens is 1. The Kier molecular flexibility index (Phi) is 2.94. The van der Waals surface area contributed by atoms with E-state index in [1.54, 1.807) is 5.56 Å². The Morgan fingerprint density at radius 1 is 0.947 bits per heavy atom. The molecule has 1 aromatic heterocycles. The summed E-state index contributed by atoms with van der Waals surface area (Å²) in [6.45, 7) is 0. The van der Waals surface area contributed by atoms with Gasteiger partial charge in [0.1, 0.15) is 0 Å². The van der Waals surface area contributed by atoms with Crippen LogP contribution in [0.3, 0.4) is 0 Å². The third-order valence-corrected chi connectivity index (χ3v) is 3.46. The van der Waals surface area contributed by atoms with Crippen LogP contribution < -0.4 is 4.98 Å². The predicted octanol–water partition coefficient (Wildman–Crippen LogP) is 5.64. The molecule has 0 radical (unpaired) electrons. The molecule has 8 heteroatoms. The number of nitrogens with one attached hydrogen (secondary N) is 1. The number of rotatable bonds is 0. The molecule has 2 atom stereocenters. The van der Waals surface area contributed by atoms with Crippen LogP contribution in [0.1, 0.15) is 48.8 Å². The van der Waals surface area contributed by atoms with E-state index in [1.807, 2.05) is 0 Å². The SMILES string of the molecule is F[P-](F)(F)(F)(F)F.c1c[nH+]c2c(c1)C1CCCCC21. The molecular weight excluding hydrogens is 291 g/mol. The van der Waals surface area contributed by atoms with Gasteiger partial charge in [-0.2, -0.15) is 0 Å². The van der Waals surface area contributed by atoms with E-state index in [2.05, 4.69) is 23.3 Å². The quantitative estimate of drug-likeness (QED) is 0.435. The summed E-state index contributed by atoms with van der Waals surface area (Å²) in [5.74, 6) is 1.79. The first kappa shape index (κ1) is 14.6. The van der Waals surface area contributed by atoms with Crippen LogP contribution in [0.4, 0.5) is 25.2 Å². The molecule has 0 aliphatic heterocycles. The zero-order valence-electron chi connectivity index (χ0n) is 9.93. The average Bonchev–Trinajstić information content (AvgIpc) is 2.21. The van der Waals surface area contributed by atoms with Crippen LogP contribution in [-0.4, -0.2) is 0 Å². The molecule has 1 heterocycles. The molecule has 0 aromatic carbocycles. The van der Waals surface area contributed by atoms with Gasteiger partial charge >= 0.3 is 33.0 Å². The van der Waals surface area contributed by atoms with Gasteiger partial charge in [0.05, 0.1) is 5.92 Å². The Morgan fingerprint density at radius 2 is 1.47 bits per heavy atom. The van der Waals surface area contributed by atoms with Crippen LogP contribution in [0.2, 0.25) is 0 Å². The van der Waals surface area contributed by atoms with Gasteiger partial charge in [0.25, 0.3) is 0 Å². The van der Waals surface area contributed by atoms with Crippen molar-refractivity contribution < 1.29 is 30.2 Å². The molecule has 0 spiro atoms. The third-order valence-electron chi connectivity index (χ3n) is 3.46. The molecule has 0 amide bonds. The van der Waals surface area contributed by atoms with E-state index in [0.717, 1.165) is 11.8 Å². The van der Waals surface area contributed by atoms with E-state index in [4.69, 9.17) is 0 Å². The van der Waals surface area contributed by atoms with Crippen LogP contribution in [0.25, 0.3) is 0 Å². The Morgan fingerprint density at radius 3 is 2.05 bits per heavy atom. The van der Waals surface area contributed by atoms with E-state index in [1.165, 1.54) is 31.4 Å². The summed E-state index contributed by atoms with van der Waals surface area (Å²) in [5, 5.41) is 0. The standard InChI is InChI=1S/C11H13N.F6P/c1-2-5-9-8(4-1)10-6-3-7-12-11(9)10;1-7(2,3,4,5)6/h3,6-9H,1-2,4-5H2;/q;-1/p+1. The van der Waals surface area contributed by atoms with Gasteiger partial charge < -0.3 is 0 Å². The summed E-state index contributed by atoms with van der Waals surface area (Å²) in [4.78, 5) is 3.39. The Hall–Kier alpha value is -0.840. The van der Waals surface area contributed by atoms with Crippen molar-refractivity contribution in [3.63, 3.8) is 0 Å². The number of fused-ring (bicyclic) bond motifs is 4. The molecule has 1 saturated carbocycles. The topological polar surface area (TPSA) is 14.1 Å². The number of H-pyrrole nitrogens is 1. The summed E-state index contributed by atoms with van der Waals surface area (Å²) in [6.07, 6.45) is 7.77. The summed E-state index contributed by atoms with van der Waals surface area (Å²) in [7, 11) is -10.7. The van der Waals surface area contributed by atoms with Gasteiger partial charge in [-0.1, -0.05) is 12.8 Å². The zero-order valence-corrected chi connectivity index (χ0v) is 10.8. The molecule has 2 aliphatic carbocycles. The Labute approximate surface area is 106 Å². The molecular formula is C11H14F6NP. The largest absolute Gasteiger partial charge is 0.215 e. The monoisotopic (exact) mass is 305 g/mol. The fourth-order valence-corrected chi connectivity index (χ4v) is 2.86. The molecule has 1 nitrogen and oxygen atoms in total. The minimum atomic E-state index is -10.7. The number of pyridine rings is 1. The number of aromatic amines is 1. The second-order valence-corrected chi connectivity index (χ2v) is 6.91. The van der Waals surface area contributed by atoms with Gasteiger partial charge in [0, 0.05) is 17.5 Å². The maximum Gasteiger partial charge on any atom is 0.186 e. The van der Waals surface area contributed by atoms with Crippen molar-refractivity contribution in [2.75, 3.05) is 0 Å². The van der Waals surface area contributed by atoms with Crippen LogP contribution in [-0.2, 0) is 0 Å². The van der Waals surface area contributed by atoms with Gasteiger partial charge in [-0.15, -0.1) is 0 Å². The zero-order chi connectivity index (χ0) is 14.4. The van der Waals surface area contributed by atoms with Gasteiger partial charge in [-0.3, -0.25) is 0 Å². The number of hydrogen-bond acceptors (Lipinski definition) is 0. The summed E-state index contributed by atoms with van der Waals surface area (Å²) < 4.78 is 59.2. The molecule has 1 fully saturated rings. The molecule has 1 aromatic rings. The molecule has 2 unspecified atom stereocenters. The maximum absolute atomic E-state index is 10.7. The maximum atomic E-state index is 9.87. The minimum Gasteiger partial charge on any atom is -0.215 e. The summed E-state index contributed by atoms with van der Waals surface area (Å²) >= 11 is 0. The van der Waals surface area contributed by atoms with Crippen LogP contribution in [0.15, 0.2) is 18.3 Å². The van der Waals surface area contributed by atoms with E-state index < -0.39 is 7.81 Å². The van der Waals surface area contributed by atoms with Crippen molar-refractivity contribution in [3.05, 3.63) is 29.6 Å². The van der Waals surface area contributed by atoms with Crippen molar-refractivity contribution in [1.82, 2.24) is 0 Å². The smallest absolute Gasteiger partial charge is 0.186 e. The average molecular weight is 305 g/mol. The van der Waals surface area contributed by atoms with Crippen molar-refractivity contribution in [2.45, 2.75) is 37.5 Å². The van der Waals surface area contributed by atoms with Gasteiger partial charge in [-0.05, 0) is 18.9 Å². The second kappa shape index (κ2) is 3.84. The third kappa shape index (κ3) is 4.64. The fraction of sp³-hybridized carbons (Fsp3) is 0.545. The Balaban J connectivity index is 0.000000167. The molecule has 2 aliphatic rings. The van der Waals surface area contributed by atoms with E-state index in [0.29, 0.717) is 0 Å². The van der Waals surface area contributed by atoms with Crippen molar-refractivity contribution in [2.24, 2.45) is 0 Å². The summed E-state index contributed by atoms with van der Waals surface area (Å²) in [6, 6.07) is 4.42. The van der Waals surface area contributed by atoms with E-state index >= 15 is 0 Å². The number of hydrogen-bond donors (Lipinski definition) is 0. The molecule has 0 saturated heterocycles. The van der Waals surface area contributed by atoms with E-state index in [-0.39, 0.29) is 0 Å². The van der Waals surface area contributed by atoms with Gasteiger partial charge in [-0.25, -0.2) is 4.98 Å². The van der Waals surface area contributed by atoms with Crippen molar-refractivity contribution >= 4 is 7.81 Å². The first-order valence-corrected chi connectivity index (χ1v) is 8.01. The van der Waals surface area contributed by atoms with Gasteiger partial charge in [0.2, 0.25) is 0 Å². The van der Waals surface area contributed by atoms with Gasteiger partial charge in [0.15, 0.2) is 11.9 Å². The predicted molar refractivity (Wildman–Crippen MR) is 60.5 cm³/mol. The van der Waals surface area contributed by atoms with Crippen molar-refractivity contribution in [1.29, 1.82) is 0 Å². The van der Waals surface area contributed by atoms with E-state index in [9.17, 15) is 25.2 Å². The van der Waals surface area contributed by atoms with Crippen LogP contribution in [0.5, 0.6) is 0 Å². The van der Waals surface area contributed by atoms with Crippen molar-refractivity contribution in [3.8, 4) is 0 Å². The fourth-order valence-electron chi connectivity index (χ4n) is 2.86. The molecule has 1 N–H and O–H groups in total. The first-order valence-electron chi connectivity index (χ1n) is 5.99.